The molecule has 25 heavy (non-hydrogen) atoms. The number of aliphatic hydroxyl groups excluding tert-OH is 1. The zero-order chi connectivity index (χ0) is 18.0. The Kier molecular flexibility index (Phi) is 5.07. The van der Waals surface area contributed by atoms with Crippen molar-refractivity contribution in [1.29, 1.82) is 0 Å². The van der Waals surface area contributed by atoms with E-state index >= 15 is 0 Å². The Labute approximate surface area is 140 Å². The standard InChI is InChI=1S/C16H16F2N2O5/c17-10-4-2-1-3-9(10)8-24-12-5-14(25-13(12)7-21)20-6-11(18)15(22)19-16(20)23/h1-4,6,12-14,21H,5,7-8H2,(H,19,22,23)/t12-,13+,14+/m0/s1. The largest absolute Gasteiger partial charge is 0.394 e. The number of nitrogens with one attached hydrogen (secondary N) is 1. The van der Waals surface area contributed by atoms with Crippen molar-refractivity contribution < 1.29 is 23.4 Å². The van der Waals surface area contributed by atoms with E-state index in [9.17, 15) is 23.5 Å². The summed E-state index contributed by atoms with van der Waals surface area (Å²) in [5.41, 5.74) is -1.61. The predicted octanol–water partition coefficient (Wildman–Crippen LogP) is 0.680. The molecule has 1 aliphatic rings. The van der Waals surface area contributed by atoms with E-state index < -0.39 is 41.3 Å². The Bertz CT molecular complexity index is 866. The molecule has 1 saturated heterocycles. The van der Waals surface area contributed by atoms with Gasteiger partial charge in [0.1, 0.15) is 18.1 Å². The summed E-state index contributed by atoms with van der Waals surface area (Å²) in [4.78, 5) is 24.8. The average Bonchev–Trinajstić information content (AvgIpc) is 3.00. The first-order valence-electron chi connectivity index (χ1n) is 7.62. The molecule has 134 valence electrons. The first-order chi connectivity index (χ1) is 12.0. The van der Waals surface area contributed by atoms with E-state index in [4.69, 9.17) is 9.47 Å². The summed E-state index contributed by atoms with van der Waals surface area (Å²) >= 11 is 0. The van der Waals surface area contributed by atoms with Crippen LogP contribution in [0.2, 0.25) is 0 Å². The molecule has 0 bridgehead atoms. The fourth-order valence-corrected chi connectivity index (χ4v) is 2.70. The molecular weight excluding hydrogens is 338 g/mol. The van der Waals surface area contributed by atoms with Crippen molar-refractivity contribution in [3.05, 3.63) is 68.5 Å². The van der Waals surface area contributed by atoms with E-state index in [1.165, 1.54) is 6.07 Å². The van der Waals surface area contributed by atoms with Crippen LogP contribution in [0.5, 0.6) is 0 Å². The molecular formula is C16H16F2N2O5. The van der Waals surface area contributed by atoms with Crippen LogP contribution in [-0.4, -0.2) is 33.5 Å². The number of hydrogen-bond acceptors (Lipinski definition) is 5. The maximum atomic E-state index is 13.6. The highest BCUT2D eigenvalue weighted by Gasteiger charge is 2.37. The lowest BCUT2D eigenvalue weighted by molar-refractivity contribution is -0.0662. The second-order valence-corrected chi connectivity index (χ2v) is 5.63. The van der Waals surface area contributed by atoms with Crippen molar-refractivity contribution in [2.45, 2.75) is 31.5 Å². The third-order valence-electron chi connectivity index (χ3n) is 4.01. The lowest BCUT2D eigenvalue weighted by Crippen LogP contribution is -2.34. The van der Waals surface area contributed by atoms with Gasteiger partial charge >= 0.3 is 5.69 Å². The first-order valence-corrected chi connectivity index (χ1v) is 7.62. The van der Waals surface area contributed by atoms with Crippen LogP contribution in [0.4, 0.5) is 8.78 Å². The summed E-state index contributed by atoms with van der Waals surface area (Å²) in [6.45, 7) is -0.433. The van der Waals surface area contributed by atoms with E-state index in [1.807, 2.05) is 4.98 Å². The highest BCUT2D eigenvalue weighted by atomic mass is 19.1. The third kappa shape index (κ3) is 3.68. The van der Waals surface area contributed by atoms with Crippen LogP contribution < -0.4 is 11.2 Å². The number of benzene rings is 1. The van der Waals surface area contributed by atoms with E-state index in [-0.39, 0.29) is 19.6 Å². The molecule has 2 heterocycles. The number of ether oxygens (including phenoxy) is 2. The molecule has 2 aromatic rings. The van der Waals surface area contributed by atoms with Gasteiger partial charge in [0, 0.05) is 12.0 Å². The maximum absolute atomic E-state index is 13.6. The summed E-state index contributed by atoms with van der Waals surface area (Å²) in [5, 5.41) is 9.42. The zero-order valence-electron chi connectivity index (χ0n) is 13.0. The van der Waals surface area contributed by atoms with Crippen molar-refractivity contribution in [3.63, 3.8) is 0 Å². The number of nitrogens with zero attached hydrogens (tertiary/aromatic N) is 1. The molecule has 0 unspecified atom stereocenters. The number of rotatable bonds is 5. The molecule has 1 fully saturated rings. The van der Waals surface area contributed by atoms with Gasteiger partial charge in [0.2, 0.25) is 5.82 Å². The minimum atomic E-state index is -1.13. The van der Waals surface area contributed by atoms with Crippen LogP contribution in [0.25, 0.3) is 0 Å². The summed E-state index contributed by atoms with van der Waals surface area (Å²) in [6.07, 6.45) is -1.43. The first kappa shape index (κ1) is 17.5. The molecule has 2 N–H and O–H groups in total. The van der Waals surface area contributed by atoms with E-state index in [2.05, 4.69) is 0 Å². The average molecular weight is 354 g/mol. The Morgan fingerprint density at radius 1 is 1.28 bits per heavy atom. The van der Waals surface area contributed by atoms with E-state index in [1.54, 1.807) is 18.2 Å². The maximum Gasteiger partial charge on any atom is 0.330 e. The number of aromatic nitrogens is 2. The Hall–Kier alpha value is -2.36. The highest BCUT2D eigenvalue weighted by molar-refractivity contribution is 5.16. The van der Waals surface area contributed by atoms with Crippen molar-refractivity contribution >= 4 is 0 Å². The third-order valence-corrected chi connectivity index (χ3v) is 4.01. The van der Waals surface area contributed by atoms with Crippen LogP contribution in [0.15, 0.2) is 40.1 Å². The highest BCUT2D eigenvalue weighted by Crippen LogP contribution is 2.30. The van der Waals surface area contributed by atoms with Gasteiger partial charge < -0.3 is 14.6 Å². The van der Waals surface area contributed by atoms with Gasteiger partial charge in [-0.1, -0.05) is 18.2 Å². The quantitative estimate of drug-likeness (QED) is 0.824. The summed E-state index contributed by atoms with van der Waals surface area (Å²) in [7, 11) is 0. The van der Waals surface area contributed by atoms with Gasteiger partial charge in [-0.2, -0.15) is 4.39 Å². The summed E-state index contributed by atoms with van der Waals surface area (Å²) < 4.78 is 39.1. The van der Waals surface area contributed by atoms with Gasteiger partial charge in [-0.3, -0.25) is 14.3 Å². The molecule has 9 heteroatoms. The Morgan fingerprint density at radius 3 is 2.76 bits per heavy atom. The molecule has 0 aliphatic carbocycles. The fourth-order valence-electron chi connectivity index (χ4n) is 2.70. The second kappa shape index (κ2) is 7.26. The molecule has 1 aliphatic heterocycles. The van der Waals surface area contributed by atoms with E-state index in [0.29, 0.717) is 5.56 Å². The smallest absolute Gasteiger partial charge is 0.330 e. The minimum Gasteiger partial charge on any atom is -0.394 e. The van der Waals surface area contributed by atoms with Crippen molar-refractivity contribution in [2.24, 2.45) is 0 Å². The second-order valence-electron chi connectivity index (χ2n) is 5.63. The lowest BCUT2D eigenvalue weighted by atomic mass is 10.1. The number of aromatic amines is 1. The minimum absolute atomic E-state index is 0.0429. The number of halogens is 2. The number of hydrogen-bond donors (Lipinski definition) is 2. The fraction of sp³-hybridized carbons (Fsp3) is 0.375. The predicted molar refractivity (Wildman–Crippen MR) is 81.9 cm³/mol. The molecule has 3 atom stereocenters. The molecule has 0 spiro atoms. The monoisotopic (exact) mass is 354 g/mol. The molecule has 0 radical (unpaired) electrons. The van der Waals surface area contributed by atoms with Crippen LogP contribution >= 0.6 is 0 Å². The number of H-pyrrole nitrogens is 1. The Morgan fingerprint density at radius 2 is 2.04 bits per heavy atom. The van der Waals surface area contributed by atoms with Crippen LogP contribution in [0.3, 0.4) is 0 Å². The molecule has 7 nitrogen and oxygen atoms in total. The van der Waals surface area contributed by atoms with E-state index in [0.717, 1.165) is 10.8 Å². The normalized spacial score (nSPS) is 23.1. The van der Waals surface area contributed by atoms with Crippen molar-refractivity contribution in [1.82, 2.24) is 9.55 Å². The van der Waals surface area contributed by atoms with Gasteiger partial charge in [0.05, 0.1) is 25.5 Å². The molecule has 0 amide bonds. The molecule has 1 aromatic heterocycles. The summed E-state index contributed by atoms with van der Waals surface area (Å²) in [5.74, 6) is -1.54. The van der Waals surface area contributed by atoms with Crippen molar-refractivity contribution in [3.8, 4) is 0 Å². The van der Waals surface area contributed by atoms with Gasteiger partial charge in [-0.05, 0) is 6.07 Å². The molecule has 1 aromatic carbocycles. The topological polar surface area (TPSA) is 93.6 Å². The van der Waals surface area contributed by atoms with Gasteiger partial charge in [0.15, 0.2) is 0 Å². The molecule has 0 saturated carbocycles. The van der Waals surface area contributed by atoms with Gasteiger partial charge in [0.25, 0.3) is 5.56 Å². The van der Waals surface area contributed by atoms with Gasteiger partial charge in [-0.15, -0.1) is 0 Å². The zero-order valence-corrected chi connectivity index (χ0v) is 13.0. The van der Waals surface area contributed by atoms with Crippen LogP contribution in [-0.2, 0) is 16.1 Å². The van der Waals surface area contributed by atoms with Gasteiger partial charge in [-0.25, -0.2) is 9.18 Å². The van der Waals surface area contributed by atoms with Crippen LogP contribution in [0, 0.1) is 11.6 Å². The van der Waals surface area contributed by atoms with Crippen molar-refractivity contribution in [2.75, 3.05) is 6.61 Å². The lowest BCUT2D eigenvalue weighted by Gasteiger charge is -2.16. The molecule has 3 rings (SSSR count). The SMILES string of the molecule is O=c1[nH]c(=O)n([C@H]2C[C@H](OCc3ccccc3F)[C@@H](CO)O2)cc1F. The summed E-state index contributed by atoms with van der Waals surface area (Å²) in [6, 6.07) is 6.10. The number of aliphatic hydroxyl groups is 1. The Balaban J connectivity index is 1.75. The van der Waals surface area contributed by atoms with Crippen LogP contribution in [0.1, 0.15) is 18.2 Å².